The van der Waals surface area contributed by atoms with Crippen molar-refractivity contribution in [2.24, 2.45) is 0 Å². The topological polar surface area (TPSA) is 17.1 Å². The summed E-state index contributed by atoms with van der Waals surface area (Å²) in [6.45, 7) is 6.31. The molecule has 0 amide bonds. The highest BCUT2D eigenvalue weighted by molar-refractivity contribution is 6.67. The molecule has 0 spiro atoms. The summed E-state index contributed by atoms with van der Waals surface area (Å²) in [7, 11) is 0. The Bertz CT molecular complexity index is 614. The maximum Gasteiger partial charge on any atom is 0.252 e. The Kier molecular flexibility index (Phi) is 4.06. The quantitative estimate of drug-likeness (QED) is 0.705. The lowest BCUT2D eigenvalue weighted by atomic mass is 9.91. The minimum absolute atomic E-state index is 0.410. The molecule has 0 atom stereocenters. The first-order valence-corrected chi connectivity index (χ1v) is 6.77. The standard InChI is InChI=1S/C17H17ClO/c1-11(2)15-6-4-5-7-16(15)13-8-12(3)9-14(10-13)17(18)19/h4-11H,1-3H3. The summed E-state index contributed by atoms with van der Waals surface area (Å²) in [4.78, 5) is 11.4. The van der Waals surface area contributed by atoms with Gasteiger partial charge in [0.2, 0.25) is 0 Å². The lowest BCUT2D eigenvalue weighted by molar-refractivity contribution is 0.108. The second-order valence-corrected chi connectivity index (χ2v) is 5.45. The summed E-state index contributed by atoms with van der Waals surface area (Å²) in [5.41, 5.74) is 5.09. The van der Waals surface area contributed by atoms with E-state index >= 15 is 0 Å². The molecule has 0 N–H and O–H groups in total. The maximum atomic E-state index is 11.4. The molecular formula is C17H17ClO. The number of aryl methyl sites for hydroxylation is 1. The fourth-order valence-corrected chi connectivity index (χ4v) is 2.42. The van der Waals surface area contributed by atoms with Crippen molar-refractivity contribution in [2.75, 3.05) is 0 Å². The van der Waals surface area contributed by atoms with E-state index < -0.39 is 5.24 Å². The second kappa shape index (κ2) is 5.58. The molecule has 0 radical (unpaired) electrons. The van der Waals surface area contributed by atoms with Crippen molar-refractivity contribution >= 4 is 16.8 Å². The van der Waals surface area contributed by atoms with Crippen molar-refractivity contribution in [3.8, 4) is 11.1 Å². The molecule has 0 heterocycles. The molecule has 1 nitrogen and oxygen atoms in total. The highest BCUT2D eigenvalue weighted by Crippen LogP contribution is 2.30. The van der Waals surface area contributed by atoms with Gasteiger partial charge in [0.15, 0.2) is 0 Å². The van der Waals surface area contributed by atoms with Crippen molar-refractivity contribution in [3.63, 3.8) is 0 Å². The smallest absolute Gasteiger partial charge is 0.252 e. The third kappa shape index (κ3) is 3.05. The van der Waals surface area contributed by atoms with E-state index in [1.54, 1.807) is 0 Å². The number of rotatable bonds is 3. The normalized spacial score (nSPS) is 10.8. The molecule has 2 aromatic carbocycles. The van der Waals surface area contributed by atoms with Crippen LogP contribution in [0.5, 0.6) is 0 Å². The SMILES string of the molecule is Cc1cc(C(=O)Cl)cc(-c2ccccc2C(C)C)c1. The van der Waals surface area contributed by atoms with Gasteiger partial charge in [0, 0.05) is 5.56 Å². The van der Waals surface area contributed by atoms with Crippen LogP contribution in [0.1, 0.15) is 41.3 Å². The van der Waals surface area contributed by atoms with Gasteiger partial charge < -0.3 is 0 Å². The van der Waals surface area contributed by atoms with Crippen LogP contribution in [0.15, 0.2) is 42.5 Å². The largest absolute Gasteiger partial charge is 0.276 e. The predicted molar refractivity (Wildman–Crippen MR) is 80.9 cm³/mol. The van der Waals surface area contributed by atoms with Gasteiger partial charge in [-0.1, -0.05) is 44.2 Å². The molecule has 0 aromatic heterocycles. The molecule has 0 fully saturated rings. The van der Waals surface area contributed by atoms with E-state index in [1.165, 1.54) is 11.1 Å². The zero-order valence-electron chi connectivity index (χ0n) is 11.4. The van der Waals surface area contributed by atoms with E-state index in [0.717, 1.165) is 11.1 Å². The molecule has 2 rings (SSSR count). The van der Waals surface area contributed by atoms with Crippen LogP contribution in [-0.4, -0.2) is 5.24 Å². The van der Waals surface area contributed by atoms with E-state index in [4.69, 9.17) is 11.6 Å². The first kappa shape index (κ1) is 13.8. The maximum absolute atomic E-state index is 11.4. The molecule has 0 bridgehead atoms. The molecule has 0 aliphatic rings. The van der Waals surface area contributed by atoms with Gasteiger partial charge >= 0.3 is 0 Å². The molecule has 2 aromatic rings. The first-order valence-electron chi connectivity index (χ1n) is 6.40. The van der Waals surface area contributed by atoms with Gasteiger partial charge in [0.05, 0.1) is 0 Å². The van der Waals surface area contributed by atoms with Crippen LogP contribution in [0, 0.1) is 6.92 Å². The van der Waals surface area contributed by atoms with E-state index in [9.17, 15) is 4.79 Å². The molecular weight excluding hydrogens is 256 g/mol. The Hall–Kier alpha value is -1.60. The third-order valence-corrected chi connectivity index (χ3v) is 3.42. The average Bonchev–Trinajstić information content (AvgIpc) is 2.37. The lowest BCUT2D eigenvalue weighted by Gasteiger charge is -2.14. The Morgan fingerprint density at radius 1 is 1.11 bits per heavy atom. The van der Waals surface area contributed by atoms with E-state index in [0.29, 0.717) is 11.5 Å². The summed E-state index contributed by atoms with van der Waals surface area (Å²) in [5.74, 6) is 0.437. The molecule has 0 aliphatic carbocycles. The molecule has 98 valence electrons. The molecule has 19 heavy (non-hydrogen) atoms. The van der Waals surface area contributed by atoms with Crippen molar-refractivity contribution in [1.29, 1.82) is 0 Å². The van der Waals surface area contributed by atoms with Crippen molar-refractivity contribution in [1.82, 2.24) is 0 Å². The summed E-state index contributed by atoms with van der Waals surface area (Å²) in [6.07, 6.45) is 0. The molecule has 0 aliphatic heterocycles. The van der Waals surface area contributed by atoms with Gasteiger partial charge in [-0.3, -0.25) is 4.79 Å². The van der Waals surface area contributed by atoms with Crippen LogP contribution in [0.25, 0.3) is 11.1 Å². The van der Waals surface area contributed by atoms with Gasteiger partial charge in [-0.25, -0.2) is 0 Å². The Labute approximate surface area is 119 Å². The average molecular weight is 273 g/mol. The lowest BCUT2D eigenvalue weighted by Crippen LogP contribution is -1.95. The zero-order chi connectivity index (χ0) is 14.0. The monoisotopic (exact) mass is 272 g/mol. The third-order valence-electron chi connectivity index (χ3n) is 3.20. The molecule has 2 heteroatoms. The van der Waals surface area contributed by atoms with E-state index in [1.807, 2.05) is 31.2 Å². The van der Waals surface area contributed by atoms with Crippen LogP contribution >= 0.6 is 11.6 Å². The number of hydrogen-bond donors (Lipinski definition) is 0. The van der Waals surface area contributed by atoms with Crippen molar-refractivity contribution in [2.45, 2.75) is 26.7 Å². The number of hydrogen-bond acceptors (Lipinski definition) is 1. The Morgan fingerprint density at radius 2 is 1.79 bits per heavy atom. The summed E-state index contributed by atoms with van der Waals surface area (Å²) in [5, 5.41) is -0.410. The van der Waals surface area contributed by atoms with Gasteiger partial charge in [-0.05, 0) is 58.8 Å². The Morgan fingerprint density at radius 3 is 2.42 bits per heavy atom. The summed E-state index contributed by atoms with van der Waals surface area (Å²) in [6, 6.07) is 14.1. The van der Waals surface area contributed by atoms with Gasteiger partial charge in [0.1, 0.15) is 0 Å². The Balaban J connectivity index is 2.62. The first-order chi connectivity index (χ1) is 8.99. The number of halogens is 1. The molecule has 0 unspecified atom stereocenters. The summed E-state index contributed by atoms with van der Waals surface area (Å²) >= 11 is 5.60. The fraction of sp³-hybridized carbons (Fsp3) is 0.235. The highest BCUT2D eigenvalue weighted by Gasteiger charge is 2.11. The van der Waals surface area contributed by atoms with Crippen LogP contribution < -0.4 is 0 Å². The van der Waals surface area contributed by atoms with Crippen LogP contribution in [-0.2, 0) is 0 Å². The van der Waals surface area contributed by atoms with Crippen LogP contribution in [0.2, 0.25) is 0 Å². The predicted octanol–water partition coefficient (Wildman–Crippen LogP) is 5.16. The van der Waals surface area contributed by atoms with E-state index in [-0.39, 0.29) is 0 Å². The second-order valence-electron chi connectivity index (χ2n) is 5.10. The van der Waals surface area contributed by atoms with Gasteiger partial charge in [-0.2, -0.15) is 0 Å². The van der Waals surface area contributed by atoms with E-state index in [2.05, 4.69) is 32.0 Å². The van der Waals surface area contributed by atoms with Crippen LogP contribution in [0.3, 0.4) is 0 Å². The van der Waals surface area contributed by atoms with Gasteiger partial charge in [0.25, 0.3) is 5.24 Å². The van der Waals surface area contributed by atoms with Gasteiger partial charge in [-0.15, -0.1) is 0 Å². The highest BCUT2D eigenvalue weighted by atomic mass is 35.5. The molecule has 0 saturated carbocycles. The van der Waals surface area contributed by atoms with Crippen LogP contribution in [0.4, 0.5) is 0 Å². The minimum Gasteiger partial charge on any atom is -0.276 e. The number of carbonyl (C=O) groups excluding carboxylic acids is 1. The number of benzene rings is 2. The number of carbonyl (C=O) groups is 1. The minimum atomic E-state index is -0.410. The van der Waals surface area contributed by atoms with Crippen molar-refractivity contribution in [3.05, 3.63) is 59.2 Å². The van der Waals surface area contributed by atoms with Crippen molar-refractivity contribution < 1.29 is 4.79 Å². The summed E-state index contributed by atoms with van der Waals surface area (Å²) < 4.78 is 0. The zero-order valence-corrected chi connectivity index (χ0v) is 12.2. The molecule has 0 saturated heterocycles. The fourth-order valence-electron chi connectivity index (χ4n) is 2.32.